The maximum atomic E-state index is 11.6. The first-order valence-corrected chi connectivity index (χ1v) is 10.7. The Morgan fingerprint density at radius 1 is 1.14 bits per heavy atom. The van der Waals surface area contributed by atoms with Gasteiger partial charge in [0, 0.05) is 24.0 Å². The monoisotopic (exact) mass is 389 g/mol. The average Bonchev–Trinajstić information content (AvgIpc) is 3.30. The van der Waals surface area contributed by atoms with E-state index in [4.69, 9.17) is 4.52 Å². The molecule has 2 aliphatic heterocycles. The Kier molecular flexibility index (Phi) is 5.06. The molecule has 0 saturated carbocycles. The van der Waals surface area contributed by atoms with Gasteiger partial charge in [0.1, 0.15) is 11.3 Å². The molecule has 1 aromatic heterocycles. The third-order valence-electron chi connectivity index (χ3n) is 6.37. The van der Waals surface area contributed by atoms with Gasteiger partial charge in [0.05, 0.1) is 6.42 Å². The highest BCUT2D eigenvalue weighted by atomic mass is 16.5. The van der Waals surface area contributed by atoms with E-state index in [2.05, 4.69) is 51.8 Å². The standard InChI is InChI=1S/C24H27N3O2/c28-24-14-19-13-20-22(15-21(19)25-24)26-29-23(20)8-4-7-17-9-11-27(12-10-17)16-18-5-2-1-3-6-18/h1-3,5-6,13,15,17H,4,7-12,14,16H2,(H,25,28). The van der Waals surface area contributed by atoms with Gasteiger partial charge in [-0.1, -0.05) is 35.5 Å². The molecule has 150 valence electrons. The summed E-state index contributed by atoms with van der Waals surface area (Å²) >= 11 is 0. The van der Waals surface area contributed by atoms with Gasteiger partial charge in [-0.2, -0.15) is 0 Å². The van der Waals surface area contributed by atoms with Crippen molar-refractivity contribution < 1.29 is 9.32 Å². The fraction of sp³-hybridized carbons (Fsp3) is 0.417. The van der Waals surface area contributed by atoms with Crippen molar-refractivity contribution in [2.75, 3.05) is 18.4 Å². The molecular weight excluding hydrogens is 362 g/mol. The zero-order valence-corrected chi connectivity index (χ0v) is 16.7. The summed E-state index contributed by atoms with van der Waals surface area (Å²) in [6.07, 6.45) is 6.31. The van der Waals surface area contributed by atoms with E-state index in [1.165, 1.54) is 37.9 Å². The fourth-order valence-corrected chi connectivity index (χ4v) is 4.72. The Bertz CT molecular complexity index is 1000. The lowest BCUT2D eigenvalue weighted by molar-refractivity contribution is -0.115. The average molecular weight is 389 g/mol. The topological polar surface area (TPSA) is 58.4 Å². The first-order chi connectivity index (χ1) is 14.2. The van der Waals surface area contributed by atoms with Crippen LogP contribution in [-0.2, 0) is 24.2 Å². The number of carbonyl (C=O) groups excluding carboxylic acids is 1. The van der Waals surface area contributed by atoms with Crippen LogP contribution in [0.1, 0.15) is 42.6 Å². The van der Waals surface area contributed by atoms with Gasteiger partial charge in [0.25, 0.3) is 0 Å². The number of piperidine rings is 1. The number of aromatic nitrogens is 1. The Labute approximate surface area is 171 Å². The molecular formula is C24H27N3O2. The predicted molar refractivity (Wildman–Crippen MR) is 114 cm³/mol. The van der Waals surface area contributed by atoms with Crippen LogP contribution in [0.5, 0.6) is 0 Å². The van der Waals surface area contributed by atoms with Crippen LogP contribution < -0.4 is 5.32 Å². The highest BCUT2D eigenvalue weighted by Crippen LogP contribution is 2.31. The van der Waals surface area contributed by atoms with E-state index in [0.29, 0.717) is 6.42 Å². The number of fused-ring (bicyclic) bond motifs is 2. The van der Waals surface area contributed by atoms with Gasteiger partial charge in [0.15, 0.2) is 0 Å². The molecule has 5 nitrogen and oxygen atoms in total. The second kappa shape index (κ2) is 7.99. The molecule has 0 unspecified atom stereocenters. The van der Waals surface area contributed by atoms with Crippen molar-refractivity contribution in [2.45, 2.75) is 45.1 Å². The second-order valence-electron chi connectivity index (χ2n) is 8.45. The molecule has 2 aliphatic rings. The third kappa shape index (κ3) is 4.06. The molecule has 0 aliphatic carbocycles. The Morgan fingerprint density at radius 2 is 1.97 bits per heavy atom. The minimum atomic E-state index is 0.0600. The summed E-state index contributed by atoms with van der Waals surface area (Å²) in [6.45, 7) is 3.45. The SMILES string of the molecule is O=C1Cc2cc3c(CCCC4CCN(Cc5ccccc5)CC4)onc3cc2N1. The predicted octanol–water partition coefficient (Wildman–Crippen LogP) is 4.56. The van der Waals surface area contributed by atoms with Gasteiger partial charge < -0.3 is 9.84 Å². The summed E-state index contributed by atoms with van der Waals surface area (Å²) < 4.78 is 5.62. The van der Waals surface area contributed by atoms with Crippen molar-refractivity contribution >= 4 is 22.5 Å². The highest BCUT2D eigenvalue weighted by molar-refractivity contribution is 6.02. The van der Waals surface area contributed by atoms with Crippen LogP contribution in [0.15, 0.2) is 47.0 Å². The number of hydrogen-bond acceptors (Lipinski definition) is 4. The van der Waals surface area contributed by atoms with Gasteiger partial charge in [-0.05, 0) is 68.0 Å². The highest BCUT2D eigenvalue weighted by Gasteiger charge is 2.22. The maximum Gasteiger partial charge on any atom is 0.228 e. The maximum absolute atomic E-state index is 11.6. The van der Waals surface area contributed by atoms with Crippen molar-refractivity contribution in [1.29, 1.82) is 0 Å². The van der Waals surface area contributed by atoms with Crippen molar-refractivity contribution in [3.05, 3.63) is 59.4 Å². The van der Waals surface area contributed by atoms with Crippen molar-refractivity contribution in [3.63, 3.8) is 0 Å². The lowest BCUT2D eigenvalue weighted by Crippen LogP contribution is -2.33. The zero-order valence-electron chi connectivity index (χ0n) is 16.7. The number of likely N-dealkylation sites (tertiary alicyclic amines) is 1. The summed E-state index contributed by atoms with van der Waals surface area (Å²) in [5, 5.41) is 8.15. The number of hydrogen-bond donors (Lipinski definition) is 1. The first-order valence-electron chi connectivity index (χ1n) is 10.7. The normalized spacial score (nSPS) is 17.6. The third-order valence-corrected chi connectivity index (χ3v) is 6.37. The Balaban J connectivity index is 1.12. The molecule has 1 fully saturated rings. The summed E-state index contributed by atoms with van der Waals surface area (Å²) in [5.74, 6) is 1.83. The van der Waals surface area contributed by atoms with Gasteiger partial charge in [-0.15, -0.1) is 0 Å². The molecule has 3 heterocycles. The van der Waals surface area contributed by atoms with Crippen LogP contribution in [0.25, 0.3) is 10.9 Å². The molecule has 0 atom stereocenters. The molecule has 5 heteroatoms. The minimum Gasteiger partial charge on any atom is -0.360 e. The second-order valence-corrected chi connectivity index (χ2v) is 8.45. The summed E-state index contributed by atoms with van der Waals surface area (Å²) in [4.78, 5) is 14.2. The van der Waals surface area contributed by atoms with Gasteiger partial charge in [0.2, 0.25) is 5.91 Å². The number of rotatable bonds is 6. The largest absolute Gasteiger partial charge is 0.360 e. The van der Waals surface area contributed by atoms with Crippen molar-refractivity contribution in [3.8, 4) is 0 Å². The Hall–Kier alpha value is -2.66. The quantitative estimate of drug-likeness (QED) is 0.672. The summed E-state index contributed by atoms with van der Waals surface area (Å²) in [7, 11) is 0. The number of carbonyl (C=O) groups is 1. The number of benzene rings is 2. The van der Waals surface area contributed by atoms with Crippen LogP contribution in [0.3, 0.4) is 0 Å². The smallest absolute Gasteiger partial charge is 0.228 e. The minimum absolute atomic E-state index is 0.0600. The van der Waals surface area contributed by atoms with Crippen LogP contribution >= 0.6 is 0 Å². The number of nitrogens with zero attached hydrogens (tertiary/aromatic N) is 2. The number of nitrogens with one attached hydrogen (secondary N) is 1. The molecule has 1 saturated heterocycles. The van der Waals surface area contributed by atoms with Crippen LogP contribution in [0, 0.1) is 5.92 Å². The van der Waals surface area contributed by atoms with E-state index < -0.39 is 0 Å². The van der Waals surface area contributed by atoms with Crippen LogP contribution in [0.2, 0.25) is 0 Å². The first kappa shape index (κ1) is 18.4. The summed E-state index contributed by atoms with van der Waals surface area (Å²) in [6, 6.07) is 14.8. The zero-order chi connectivity index (χ0) is 19.6. The lowest BCUT2D eigenvalue weighted by Gasteiger charge is -2.32. The van der Waals surface area contributed by atoms with Gasteiger partial charge in [-0.25, -0.2) is 0 Å². The molecule has 0 bridgehead atoms. The van der Waals surface area contributed by atoms with Crippen molar-refractivity contribution in [1.82, 2.24) is 10.1 Å². The molecule has 3 aromatic rings. The van der Waals surface area contributed by atoms with Crippen LogP contribution in [-0.4, -0.2) is 29.1 Å². The van der Waals surface area contributed by atoms with E-state index in [1.54, 1.807) is 0 Å². The number of aryl methyl sites for hydroxylation is 1. The van der Waals surface area contributed by atoms with E-state index >= 15 is 0 Å². The molecule has 29 heavy (non-hydrogen) atoms. The molecule has 2 aromatic carbocycles. The summed E-state index contributed by atoms with van der Waals surface area (Å²) in [5.41, 5.74) is 4.18. The molecule has 0 radical (unpaired) electrons. The molecule has 5 rings (SSSR count). The van der Waals surface area contributed by atoms with Gasteiger partial charge >= 0.3 is 0 Å². The van der Waals surface area contributed by atoms with Crippen LogP contribution in [0.4, 0.5) is 5.69 Å². The van der Waals surface area contributed by atoms with E-state index in [9.17, 15) is 4.79 Å². The van der Waals surface area contributed by atoms with Gasteiger partial charge in [-0.3, -0.25) is 9.69 Å². The Morgan fingerprint density at radius 3 is 2.79 bits per heavy atom. The van der Waals surface area contributed by atoms with E-state index in [1.807, 2.05) is 6.07 Å². The number of amides is 1. The van der Waals surface area contributed by atoms with E-state index in [0.717, 1.165) is 53.2 Å². The van der Waals surface area contributed by atoms with Crippen molar-refractivity contribution in [2.24, 2.45) is 5.92 Å². The molecule has 0 spiro atoms. The molecule has 1 N–H and O–H groups in total. The number of anilines is 1. The van der Waals surface area contributed by atoms with E-state index in [-0.39, 0.29) is 5.91 Å². The fourth-order valence-electron chi connectivity index (χ4n) is 4.72. The lowest BCUT2D eigenvalue weighted by atomic mass is 9.91. The molecule has 1 amide bonds.